The zero-order valence-corrected chi connectivity index (χ0v) is 12.6. The van der Waals surface area contributed by atoms with Gasteiger partial charge in [0.25, 0.3) is 0 Å². The molecular weight excluding hydrogens is 262 g/mol. The molecule has 0 saturated heterocycles. The predicted octanol–water partition coefficient (Wildman–Crippen LogP) is 3.78. The van der Waals surface area contributed by atoms with Crippen LogP contribution in [0.4, 0.5) is 0 Å². The Morgan fingerprint density at radius 3 is 2.57 bits per heavy atom. The Morgan fingerprint density at radius 2 is 1.81 bits per heavy atom. The zero-order chi connectivity index (χ0) is 14.7. The average molecular weight is 287 g/mol. The van der Waals surface area contributed by atoms with Gasteiger partial charge in [-0.25, -0.2) is 0 Å². The number of aryl methyl sites for hydroxylation is 1. The number of hydrogen-bond acceptors (Lipinski definition) is 2. The number of rotatable bonds is 4. The van der Waals surface area contributed by atoms with Crippen molar-refractivity contribution in [2.45, 2.75) is 63.5 Å². The number of carboxylic acid groups (broad SMARTS) is 1. The van der Waals surface area contributed by atoms with Gasteiger partial charge in [-0.1, -0.05) is 43.5 Å². The molecule has 1 atom stereocenters. The Bertz CT molecular complexity index is 494. The van der Waals surface area contributed by atoms with E-state index in [-0.39, 0.29) is 6.54 Å². The van der Waals surface area contributed by atoms with E-state index >= 15 is 0 Å². The van der Waals surface area contributed by atoms with Crippen molar-refractivity contribution in [1.29, 1.82) is 0 Å². The Morgan fingerprint density at radius 1 is 1.10 bits per heavy atom. The van der Waals surface area contributed by atoms with Gasteiger partial charge < -0.3 is 5.11 Å². The van der Waals surface area contributed by atoms with E-state index in [0.717, 1.165) is 25.7 Å². The van der Waals surface area contributed by atoms with Crippen molar-refractivity contribution in [2.24, 2.45) is 0 Å². The van der Waals surface area contributed by atoms with E-state index in [1.165, 1.54) is 36.8 Å². The van der Waals surface area contributed by atoms with Crippen molar-refractivity contribution in [3.05, 3.63) is 35.4 Å². The Labute approximate surface area is 127 Å². The molecule has 3 heteroatoms. The summed E-state index contributed by atoms with van der Waals surface area (Å²) in [6, 6.07) is 9.40. The van der Waals surface area contributed by atoms with Crippen LogP contribution in [0, 0.1) is 0 Å². The van der Waals surface area contributed by atoms with Gasteiger partial charge in [-0.15, -0.1) is 0 Å². The van der Waals surface area contributed by atoms with Crippen LogP contribution >= 0.6 is 0 Å². The molecule has 1 N–H and O–H groups in total. The van der Waals surface area contributed by atoms with Crippen LogP contribution in [-0.4, -0.2) is 28.6 Å². The molecule has 0 aliphatic heterocycles. The maximum atomic E-state index is 11.4. The van der Waals surface area contributed by atoms with Crippen molar-refractivity contribution < 1.29 is 9.90 Å². The first-order valence-corrected chi connectivity index (χ1v) is 8.31. The van der Waals surface area contributed by atoms with Crippen LogP contribution in [0.15, 0.2) is 24.3 Å². The first-order valence-electron chi connectivity index (χ1n) is 8.31. The number of carbonyl (C=O) groups is 1. The molecule has 0 heterocycles. The molecule has 0 spiro atoms. The Balaban J connectivity index is 1.91. The van der Waals surface area contributed by atoms with E-state index in [4.69, 9.17) is 0 Å². The van der Waals surface area contributed by atoms with Crippen LogP contribution in [0.1, 0.15) is 62.1 Å². The van der Waals surface area contributed by atoms with E-state index in [0.29, 0.717) is 12.1 Å². The fourth-order valence-corrected chi connectivity index (χ4v) is 4.13. The minimum absolute atomic E-state index is 0.184. The molecule has 0 aromatic heterocycles. The summed E-state index contributed by atoms with van der Waals surface area (Å²) in [7, 11) is 0. The van der Waals surface area contributed by atoms with Gasteiger partial charge >= 0.3 is 5.97 Å². The Kier molecular flexibility index (Phi) is 4.59. The van der Waals surface area contributed by atoms with E-state index < -0.39 is 5.97 Å². The van der Waals surface area contributed by atoms with Crippen LogP contribution in [0.5, 0.6) is 0 Å². The molecule has 1 saturated carbocycles. The van der Waals surface area contributed by atoms with Gasteiger partial charge in [0, 0.05) is 12.1 Å². The molecule has 3 nitrogen and oxygen atoms in total. The molecule has 0 amide bonds. The second kappa shape index (κ2) is 6.61. The van der Waals surface area contributed by atoms with Gasteiger partial charge in [0.1, 0.15) is 0 Å². The molecule has 0 bridgehead atoms. The molecule has 1 aromatic rings. The van der Waals surface area contributed by atoms with Crippen LogP contribution in [0.25, 0.3) is 0 Å². The van der Waals surface area contributed by atoms with Crippen molar-refractivity contribution in [1.82, 2.24) is 4.90 Å². The highest BCUT2D eigenvalue weighted by atomic mass is 16.4. The lowest BCUT2D eigenvalue weighted by atomic mass is 9.96. The quantitative estimate of drug-likeness (QED) is 0.857. The Hall–Kier alpha value is -1.35. The summed E-state index contributed by atoms with van der Waals surface area (Å²) < 4.78 is 0. The van der Waals surface area contributed by atoms with Gasteiger partial charge in [-0.05, 0) is 43.2 Å². The maximum absolute atomic E-state index is 11.4. The third kappa shape index (κ3) is 3.29. The summed E-state index contributed by atoms with van der Waals surface area (Å²) in [6.45, 7) is 0.184. The molecule has 1 fully saturated rings. The highest BCUT2D eigenvalue weighted by Crippen LogP contribution is 2.37. The summed E-state index contributed by atoms with van der Waals surface area (Å²) in [5.41, 5.74) is 2.80. The second-order valence-corrected chi connectivity index (χ2v) is 6.46. The average Bonchev–Trinajstić information content (AvgIpc) is 2.92. The van der Waals surface area contributed by atoms with Crippen molar-refractivity contribution >= 4 is 5.97 Å². The zero-order valence-electron chi connectivity index (χ0n) is 12.6. The standard InChI is InChI=1S/C18H25NO2/c20-18(21)13-19(15-9-3-4-10-15)17-12-6-2-8-14-7-1-5-11-16(14)17/h1,5,7,11,15,17H,2-4,6,8-10,12-13H2,(H,20,21). The third-order valence-corrected chi connectivity index (χ3v) is 5.10. The topological polar surface area (TPSA) is 40.5 Å². The minimum Gasteiger partial charge on any atom is -0.480 e. The largest absolute Gasteiger partial charge is 0.480 e. The van der Waals surface area contributed by atoms with E-state index in [1.54, 1.807) is 0 Å². The van der Waals surface area contributed by atoms with E-state index in [2.05, 4.69) is 29.2 Å². The lowest BCUT2D eigenvalue weighted by Gasteiger charge is -2.36. The van der Waals surface area contributed by atoms with Crippen molar-refractivity contribution in [3.63, 3.8) is 0 Å². The first kappa shape index (κ1) is 14.6. The number of hydrogen-bond donors (Lipinski definition) is 1. The third-order valence-electron chi connectivity index (χ3n) is 5.10. The molecular formula is C18H25NO2. The summed E-state index contributed by atoms with van der Waals surface area (Å²) in [5, 5.41) is 9.35. The molecule has 114 valence electrons. The normalized spacial score (nSPS) is 23.0. The maximum Gasteiger partial charge on any atom is 0.317 e. The summed E-state index contributed by atoms with van der Waals surface area (Å²) in [4.78, 5) is 13.7. The minimum atomic E-state index is -0.691. The summed E-state index contributed by atoms with van der Waals surface area (Å²) in [6.07, 6.45) is 9.46. The number of nitrogens with zero attached hydrogens (tertiary/aromatic N) is 1. The predicted molar refractivity (Wildman–Crippen MR) is 83.3 cm³/mol. The fraction of sp³-hybridized carbons (Fsp3) is 0.611. The van der Waals surface area contributed by atoms with E-state index in [1.807, 2.05) is 0 Å². The van der Waals surface area contributed by atoms with Crippen molar-refractivity contribution in [2.75, 3.05) is 6.54 Å². The fourth-order valence-electron chi connectivity index (χ4n) is 4.13. The van der Waals surface area contributed by atoms with Crippen LogP contribution < -0.4 is 0 Å². The van der Waals surface area contributed by atoms with Gasteiger partial charge in [-0.2, -0.15) is 0 Å². The molecule has 0 radical (unpaired) electrons. The molecule has 1 unspecified atom stereocenters. The molecule has 1 aromatic carbocycles. The van der Waals surface area contributed by atoms with Crippen LogP contribution in [-0.2, 0) is 11.2 Å². The van der Waals surface area contributed by atoms with Gasteiger partial charge in [-0.3, -0.25) is 9.69 Å². The molecule has 2 aliphatic rings. The lowest BCUT2D eigenvalue weighted by Crippen LogP contribution is -2.40. The van der Waals surface area contributed by atoms with Gasteiger partial charge in [0.05, 0.1) is 6.54 Å². The number of benzene rings is 1. The number of carboxylic acids is 1. The van der Waals surface area contributed by atoms with Crippen molar-refractivity contribution in [3.8, 4) is 0 Å². The lowest BCUT2D eigenvalue weighted by molar-refractivity contribution is -0.139. The number of fused-ring (bicyclic) bond motifs is 1. The first-order chi connectivity index (χ1) is 10.3. The smallest absolute Gasteiger partial charge is 0.317 e. The van der Waals surface area contributed by atoms with Crippen LogP contribution in [0.2, 0.25) is 0 Å². The summed E-state index contributed by atoms with van der Waals surface area (Å²) in [5.74, 6) is -0.691. The molecule has 21 heavy (non-hydrogen) atoms. The second-order valence-electron chi connectivity index (χ2n) is 6.46. The van der Waals surface area contributed by atoms with E-state index in [9.17, 15) is 9.90 Å². The highest BCUT2D eigenvalue weighted by molar-refractivity contribution is 5.69. The molecule has 2 aliphatic carbocycles. The number of aliphatic carboxylic acids is 1. The SMILES string of the molecule is O=C(O)CN(C1CCCC1)C1CCCCc2ccccc21. The monoisotopic (exact) mass is 287 g/mol. The highest BCUT2D eigenvalue weighted by Gasteiger charge is 2.32. The van der Waals surface area contributed by atoms with Gasteiger partial charge in [0.2, 0.25) is 0 Å². The summed E-state index contributed by atoms with van der Waals surface area (Å²) >= 11 is 0. The molecule has 3 rings (SSSR count). The van der Waals surface area contributed by atoms with Gasteiger partial charge in [0.15, 0.2) is 0 Å². The van der Waals surface area contributed by atoms with Crippen LogP contribution in [0.3, 0.4) is 0 Å².